The van der Waals surface area contributed by atoms with Crippen LogP contribution in [0.25, 0.3) is 0 Å². The topological polar surface area (TPSA) is 44.4 Å². The molecule has 2 aliphatic heterocycles. The van der Waals surface area contributed by atoms with E-state index in [1.165, 1.54) is 32.4 Å². The molecule has 18 heavy (non-hydrogen) atoms. The highest BCUT2D eigenvalue weighted by atomic mass is 16.2. The molecule has 1 unspecified atom stereocenters. The Kier molecular flexibility index (Phi) is 5.01. The first-order chi connectivity index (χ1) is 8.66. The second-order valence-electron chi connectivity index (χ2n) is 6.01. The summed E-state index contributed by atoms with van der Waals surface area (Å²) in [5.74, 6) is 0.859. The van der Waals surface area contributed by atoms with Crippen LogP contribution >= 0.6 is 0 Å². The smallest absolute Gasteiger partial charge is 0.224 e. The van der Waals surface area contributed by atoms with E-state index in [9.17, 15) is 4.79 Å². The predicted octanol–water partition coefficient (Wildman–Crippen LogP) is 0.833. The van der Waals surface area contributed by atoms with Crippen molar-refractivity contribution in [1.29, 1.82) is 0 Å². The Labute approximate surface area is 110 Å². The van der Waals surface area contributed by atoms with Gasteiger partial charge >= 0.3 is 0 Å². The molecular formula is C14H27N3O. The maximum absolute atomic E-state index is 12.1. The van der Waals surface area contributed by atoms with Gasteiger partial charge in [0.25, 0.3) is 0 Å². The first-order valence-electron chi connectivity index (χ1n) is 7.40. The molecule has 3 atom stereocenters. The second kappa shape index (κ2) is 6.53. The van der Waals surface area contributed by atoms with E-state index in [0.29, 0.717) is 5.92 Å². The molecule has 4 heteroatoms. The van der Waals surface area contributed by atoms with Crippen molar-refractivity contribution in [3.05, 3.63) is 0 Å². The SMILES string of the molecule is CC(CN1CCCCC1)NC(=O)[C@@H]1CNC[C@H]1C. The molecule has 0 spiro atoms. The van der Waals surface area contributed by atoms with Crippen LogP contribution in [0.1, 0.15) is 33.1 Å². The quantitative estimate of drug-likeness (QED) is 0.780. The number of hydrogen-bond acceptors (Lipinski definition) is 3. The van der Waals surface area contributed by atoms with E-state index in [4.69, 9.17) is 0 Å². The normalized spacial score (nSPS) is 31.2. The minimum atomic E-state index is 0.161. The summed E-state index contributed by atoms with van der Waals surface area (Å²) in [6, 6.07) is 0.267. The van der Waals surface area contributed by atoms with Crippen molar-refractivity contribution < 1.29 is 4.79 Å². The van der Waals surface area contributed by atoms with Crippen LogP contribution in [-0.4, -0.2) is 49.6 Å². The minimum absolute atomic E-state index is 0.161. The molecule has 2 rings (SSSR count). The van der Waals surface area contributed by atoms with E-state index < -0.39 is 0 Å². The summed E-state index contributed by atoms with van der Waals surface area (Å²) in [6.45, 7) is 9.48. The minimum Gasteiger partial charge on any atom is -0.352 e. The Hall–Kier alpha value is -0.610. The maximum Gasteiger partial charge on any atom is 0.224 e. The molecule has 2 fully saturated rings. The first kappa shape index (κ1) is 13.8. The van der Waals surface area contributed by atoms with Crippen molar-refractivity contribution in [2.45, 2.75) is 39.2 Å². The van der Waals surface area contributed by atoms with Gasteiger partial charge in [0, 0.05) is 19.1 Å². The third-order valence-corrected chi connectivity index (χ3v) is 4.22. The van der Waals surface area contributed by atoms with Crippen LogP contribution in [0.4, 0.5) is 0 Å². The molecule has 1 amide bonds. The van der Waals surface area contributed by atoms with Crippen molar-refractivity contribution in [3.8, 4) is 0 Å². The standard InChI is InChI=1S/C14H27N3O/c1-11-8-15-9-13(11)14(18)16-12(2)10-17-6-4-3-5-7-17/h11-13,15H,3-10H2,1-2H3,(H,16,18)/t11-,12?,13-/m1/s1. The fourth-order valence-corrected chi connectivity index (χ4v) is 3.09. The molecule has 0 saturated carbocycles. The number of carbonyl (C=O) groups excluding carboxylic acids is 1. The summed E-state index contributed by atoms with van der Waals surface area (Å²) in [4.78, 5) is 14.6. The number of amides is 1. The third kappa shape index (κ3) is 3.69. The molecule has 104 valence electrons. The highest BCUT2D eigenvalue weighted by Gasteiger charge is 2.30. The summed E-state index contributed by atoms with van der Waals surface area (Å²) >= 11 is 0. The van der Waals surface area contributed by atoms with Gasteiger partial charge in [0.2, 0.25) is 5.91 Å². The van der Waals surface area contributed by atoms with Crippen LogP contribution in [0.5, 0.6) is 0 Å². The molecule has 2 N–H and O–H groups in total. The molecule has 0 aromatic carbocycles. The lowest BCUT2D eigenvalue weighted by molar-refractivity contribution is -0.126. The number of piperidine rings is 1. The zero-order valence-electron chi connectivity index (χ0n) is 11.7. The number of rotatable bonds is 4. The molecule has 4 nitrogen and oxygen atoms in total. The first-order valence-corrected chi connectivity index (χ1v) is 7.40. The average molecular weight is 253 g/mol. The lowest BCUT2D eigenvalue weighted by atomic mass is 9.97. The van der Waals surface area contributed by atoms with Crippen LogP contribution in [0, 0.1) is 11.8 Å². The van der Waals surface area contributed by atoms with E-state index in [-0.39, 0.29) is 17.9 Å². The van der Waals surface area contributed by atoms with Gasteiger partial charge in [0.1, 0.15) is 0 Å². The van der Waals surface area contributed by atoms with Gasteiger partial charge in [-0.15, -0.1) is 0 Å². The molecule has 0 bridgehead atoms. The summed E-state index contributed by atoms with van der Waals surface area (Å²) in [6.07, 6.45) is 3.98. The van der Waals surface area contributed by atoms with Gasteiger partial charge in [0.15, 0.2) is 0 Å². The molecule has 0 aliphatic carbocycles. The zero-order chi connectivity index (χ0) is 13.0. The predicted molar refractivity (Wildman–Crippen MR) is 73.4 cm³/mol. The summed E-state index contributed by atoms with van der Waals surface area (Å²) in [7, 11) is 0. The summed E-state index contributed by atoms with van der Waals surface area (Å²) in [5.41, 5.74) is 0. The Bertz CT molecular complexity index is 276. The van der Waals surface area contributed by atoms with E-state index >= 15 is 0 Å². The van der Waals surface area contributed by atoms with Crippen LogP contribution in [0.15, 0.2) is 0 Å². The fraction of sp³-hybridized carbons (Fsp3) is 0.929. The average Bonchev–Trinajstić information content (AvgIpc) is 2.76. The van der Waals surface area contributed by atoms with Crippen molar-refractivity contribution in [2.75, 3.05) is 32.7 Å². The van der Waals surface area contributed by atoms with Crippen LogP contribution in [0.2, 0.25) is 0 Å². The molecular weight excluding hydrogens is 226 g/mol. The van der Waals surface area contributed by atoms with Gasteiger partial charge in [-0.25, -0.2) is 0 Å². The van der Waals surface area contributed by atoms with Crippen molar-refractivity contribution in [1.82, 2.24) is 15.5 Å². The lowest BCUT2D eigenvalue weighted by Gasteiger charge is -2.30. The number of nitrogens with one attached hydrogen (secondary N) is 2. The Morgan fingerprint density at radius 1 is 1.33 bits per heavy atom. The van der Waals surface area contributed by atoms with Crippen LogP contribution in [0.3, 0.4) is 0 Å². The Morgan fingerprint density at radius 2 is 2.06 bits per heavy atom. The number of hydrogen-bond donors (Lipinski definition) is 2. The molecule has 0 aromatic heterocycles. The van der Waals surface area contributed by atoms with Gasteiger partial charge < -0.3 is 15.5 Å². The number of carbonyl (C=O) groups is 1. The van der Waals surface area contributed by atoms with Gasteiger partial charge in [-0.1, -0.05) is 13.3 Å². The largest absolute Gasteiger partial charge is 0.352 e. The molecule has 2 heterocycles. The van der Waals surface area contributed by atoms with E-state index in [1.807, 2.05) is 0 Å². The van der Waals surface area contributed by atoms with Gasteiger partial charge in [-0.3, -0.25) is 4.79 Å². The number of nitrogens with zero attached hydrogens (tertiary/aromatic N) is 1. The van der Waals surface area contributed by atoms with E-state index in [0.717, 1.165) is 19.6 Å². The molecule has 0 radical (unpaired) electrons. The van der Waals surface area contributed by atoms with Gasteiger partial charge in [-0.05, 0) is 45.3 Å². The van der Waals surface area contributed by atoms with E-state index in [2.05, 4.69) is 29.4 Å². The Balaban J connectivity index is 1.72. The van der Waals surface area contributed by atoms with E-state index in [1.54, 1.807) is 0 Å². The maximum atomic E-state index is 12.1. The fourth-order valence-electron chi connectivity index (χ4n) is 3.09. The zero-order valence-corrected chi connectivity index (χ0v) is 11.7. The number of likely N-dealkylation sites (tertiary alicyclic amines) is 1. The highest BCUT2D eigenvalue weighted by Crippen LogP contribution is 2.16. The molecule has 2 saturated heterocycles. The lowest BCUT2D eigenvalue weighted by Crippen LogP contribution is -2.46. The monoisotopic (exact) mass is 253 g/mol. The highest BCUT2D eigenvalue weighted by molar-refractivity contribution is 5.79. The van der Waals surface area contributed by atoms with Gasteiger partial charge in [-0.2, -0.15) is 0 Å². The second-order valence-corrected chi connectivity index (χ2v) is 6.01. The van der Waals surface area contributed by atoms with Crippen molar-refractivity contribution in [2.24, 2.45) is 11.8 Å². The molecule has 0 aromatic rings. The van der Waals surface area contributed by atoms with Crippen molar-refractivity contribution >= 4 is 5.91 Å². The van der Waals surface area contributed by atoms with Gasteiger partial charge in [0.05, 0.1) is 5.92 Å². The molecule has 2 aliphatic rings. The third-order valence-electron chi connectivity index (χ3n) is 4.22. The van der Waals surface area contributed by atoms with Crippen molar-refractivity contribution in [3.63, 3.8) is 0 Å². The van der Waals surface area contributed by atoms with Crippen LogP contribution < -0.4 is 10.6 Å². The Morgan fingerprint density at radius 3 is 2.67 bits per heavy atom. The summed E-state index contributed by atoms with van der Waals surface area (Å²) < 4.78 is 0. The van der Waals surface area contributed by atoms with Crippen LogP contribution in [-0.2, 0) is 4.79 Å². The summed E-state index contributed by atoms with van der Waals surface area (Å²) in [5, 5.41) is 6.47.